The molecule has 172 valence electrons. The fourth-order valence-corrected chi connectivity index (χ4v) is 6.85. The van der Waals surface area contributed by atoms with Crippen molar-refractivity contribution in [1.29, 1.82) is 0 Å². The minimum Gasteiger partial charge on any atom is -0.481 e. The quantitative estimate of drug-likeness (QED) is 0.590. The molecule has 2 aromatic rings. The molecule has 33 heavy (non-hydrogen) atoms. The van der Waals surface area contributed by atoms with Crippen molar-refractivity contribution in [3.05, 3.63) is 63.6 Å². The summed E-state index contributed by atoms with van der Waals surface area (Å²) in [5.41, 5.74) is 1.78. The Balaban J connectivity index is 1.55. The van der Waals surface area contributed by atoms with Crippen molar-refractivity contribution in [2.45, 2.75) is 55.3 Å². The molecule has 1 aliphatic carbocycles. The Bertz CT molecular complexity index is 1150. The van der Waals surface area contributed by atoms with Crippen LogP contribution in [0.15, 0.2) is 42.5 Å². The minimum atomic E-state index is -0.899. The molecule has 0 radical (unpaired) electrons. The highest BCUT2D eigenvalue weighted by atomic mass is 35.5. The van der Waals surface area contributed by atoms with Crippen LogP contribution in [0.5, 0.6) is 0 Å². The van der Waals surface area contributed by atoms with Gasteiger partial charge in [0.1, 0.15) is 5.54 Å². The second kappa shape index (κ2) is 7.70. The van der Waals surface area contributed by atoms with Crippen LogP contribution >= 0.6 is 23.2 Å². The number of carboxylic acids is 1. The fraction of sp³-hybridized carbons (Fsp3) is 0.440. The molecule has 6 rings (SSSR count). The number of halogens is 2. The van der Waals surface area contributed by atoms with E-state index in [9.17, 15) is 14.7 Å². The molecule has 2 saturated heterocycles. The summed E-state index contributed by atoms with van der Waals surface area (Å²) in [6.07, 6.45) is 3.08. The Labute approximate surface area is 202 Å². The molecule has 0 unspecified atom stereocenters. The maximum atomic E-state index is 14.0. The Morgan fingerprint density at radius 1 is 1.15 bits per heavy atom. The van der Waals surface area contributed by atoms with E-state index in [-0.39, 0.29) is 36.4 Å². The van der Waals surface area contributed by atoms with Crippen LogP contribution < -0.4 is 10.6 Å². The van der Waals surface area contributed by atoms with Gasteiger partial charge in [0.2, 0.25) is 5.91 Å². The standard InChI is InChI=1S/C25H25Cl2N3O3/c26-15-3-1-2-14(8-15)22-23-20(10-17(28-23)11-21(31)32)30(12-13-4-5-13)25(22)18-7-6-16(27)9-19(18)29-24(25)33/h1-3,6-9,13,17,20,22-23,28H,4-5,10-12H2,(H,29,33)(H,31,32)/t17-,20+,22+,23-,25-/m1/s1. The van der Waals surface area contributed by atoms with Crippen molar-refractivity contribution in [2.75, 3.05) is 11.9 Å². The predicted molar refractivity (Wildman–Crippen MR) is 127 cm³/mol. The normalized spacial score (nSPS) is 32.7. The maximum Gasteiger partial charge on any atom is 0.304 e. The zero-order valence-electron chi connectivity index (χ0n) is 17.9. The van der Waals surface area contributed by atoms with Gasteiger partial charge in [-0.2, -0.15) is 0 Å². The molecule has 1 spiro atoms. The van der Waals surface area contributed by atoms with Crippen LogP contribution in [0.1, 0.15) is 42.7 Å². The highest BCUT2D eigenvalue weighted by Crippen LogP contribution is 2.60. The first-order chi connectivity index (χ1) is 15.9. The zero-order chi connectivity index (χ0) is 22.9. The van der Waals surface area contributed by atoms with Gasteiger partial charge < -0.3 is 15.7 Å². The molecule has 5 atom stereocenters. The second-order valence-electron chi connectivity index (χ2n) is 9.83. The van der Waals surface area contributed by atoms with Gasteiger partial charge in [-0.05, 0) is 55.0 Å². The van der Waals surface area contributed by atoms with Crippen LogP contribution in [0.3, 0.4) is 0 Å². The molecule has 3 heterocycles. The average Bonchev–Trinajstić information content (AvgIpc) is 3.34. The molecular formula is C25H25Cl2N3O3. The van der Waals surface area contributed by atoms with Crippen LogP contribution in [-0.2, 0) is 15.1 Å². The molecule has 3 fully saturated rings. The van der Waals surface area contributed by atoms with Gasteiger partial charge in [-0.1, -0.05) is 41.4 Å². The maximum absolute atomic E-state index is 14.0. The van der Waals surface area contributed by atoms with Crippen molar-refractivity contribution in [1.82, 2.24) is 10.2 Å². The van der Waals surface area contributed by atoms with E-state index in [1.807, 2.05) is 42.5 Å². The third kappa shape index (κ3) is 3.30. The summed E-state index contributed by atoms with van der Waals surface area (Å²) in [5.74, 6) is -0.519. The Morgan fingerprint density at radius 3 is 2.67 bits per heavy atom. The lowest BCUT2D eigenvalue weighted by Gasteiger charge is -2.40. The van der Waals surface area contributed by atoms with Gasteiger partial charge in [0, 0.05) is 51.9 Å². The average molecular weight is 486 g/mol. The minimum absolute atomic E-state index is 0.0450. The van der Waals surface area contributed by atoms with Crippen molar-refractivity contribution in [3.63, 3.8) is 0 Å². The number of nitrogens with one attached hydrogen (secondary N) is 2. The Kier molecular flexibility index (Phi) is 5.00. The number of benzene rings is 2. The molecule has 1 amide bonds. The van der Waals surface area contributed by atoms with Gasteiger partial charge in [-0.3, -0.25) is 14.5 Å². The Morgan fingerprint density at radius 2 is 1.94 bits per heavy atom. The van der Waals surface area contributed by atoms with Gasteiger partial charge in [0.15, 0.2) is 0 Å². The molecule has 3 aliphatic heterocycles. The lowest BCUT2D eigenvalue weighted by atomic mass is 9.74. The van der Waals surface area contributed by atoms with Crippen molar-refractivity contribution in [2.24, 2.45) is 5.92 Å². The molecule has 6 nitrogen and oxygen atoms in total. The van der Waals surface area contributed by atoms with Gasteiger partial charge in [-0.15, -0.1) is 0 Å². The molecule has 4 aliphatic rings. The molecule has 3 N–H and O–H groups in total. The number of aliphatic carboxylic acids is 1. The summed E-state index contributed by atoms with van der Waals surface area (Å²) in [6, 6.07) is 13.2. The summed E-state index contributed by atoms with van der Waals surface area (Å²) in [4.78, 5) is 27.9. The van der Waals surface area contributed by atoms with Gasteiger partial charge in [0.05, 0.1) is 6.42 Å². The SMILES string of the molecule is O=C(O)C[C@H]1C[C@H]2[C@@H](N1)[C@H](c1cccc(Cl)c1)[C@]1(C(=O)Nc3cc(Cl)ccc31)N2CC1CC1. The number of anilines is 1. The lowest BCUT2D eigenvalue weighted by molar-refractivity contribution is -0.137. The van der Waals surface area contributed by atoms with Crippen molar-refractivity contribution >= 4 is 40.8 Å². The summed E-state index contributed by atoms with van der Waals surface area (Å²) in [7, 11) is 0. The number of amides is 1. The van der Waals surface area contributed by atoms with E-state index in [0.29, 0.717) is 22.4 Å². The summed E-state index contributed by atoms with van der Waals surface area (Å²) >= 11 is 12.7. The largest absolute Gasteiger partial charge is 0.481 e. The first-order valence-corrected chi connectivity index (χ1v) is 12.2. The third-order valence-electron chi connectivity index (χ3n) is 7.80. The number of likely N-dealkylation sites (tertiary alicyclic amines) is 1. The monoisotopic (exact) mass is 485 g/mol. The number of carbonyl (C=O) groups is 2. The van der Waals surface area contributed by atoms with Gasteiger partial charge in [-0.25, -0.2) is 0 Å². The highest BCUT2D eigenvalue weighted by Gasteiger charge is 2.68. The number of hydrogen-bond donors (Lipinski definition) is 3. The van der Waals surface area contributed by atoms with E-state index >= 15 is 0 Å². The fourth-order valence-electron chi connectivity index (χ4n) is 6.47. The van der Waals surface area contributed by atoms with E-state index in [0.717, 1.165) is 36.2 Å². The topological polar surface area (TPSA) is 81.7 Å². The predicted octanol–water partition coefficient (Wildman–Crippen LogP) is 4.22. The van der Waals surface area contributed by atoms with Crippen molar-refractivity contribution in [3.8, 4) is 0 Å². The first kappa shape index (κ1) is 21.4. The zero-order valence-corrected chi connectivity index (χ0v) is 19.4. The third-order valence-corrected chi connectivity index (χ3v) is 8.27. The summed E-state index contributed by atoms with van der Waals surface area (Å²) in [5, 5.41) is 17.4. The summed E-state index contributed by atoms with van der Waals surface area (Å²) in [6.45, 7) is 0.815. The number of rotatable bonds is 5. The van der Waals surface area contributed by atoms with Crippen LogP contribution in [0.4, 0.5) is 5.69 Å². The highest BCUT2D eigenvalue weighted by molar-refractivity contribution is 6.31. The summed E-state index contributed by atoms with van der Waals surface area (Å²) < 4.78 is 0. The lowest BCUT2D eigenvalue weighted by Crippen LogP contribution is -2.53. The van der Waals surface area contributed by atoms with Gasteiger partial charge in [0.25, 0.3) is 0 Å². The molecule has 2 aromatic carbocycles. The van der Waals surface area contributed by atoms with Crippen LogP contribution in [0.25, 0.3) is 0 Å². The van der Waals surface area contributed by atoms with E-state index in [4.69, 9.17) is 23.2 Å². The van der Waals surface area contributed by atoms with Crippen LogP contribution in [0, 0.1) is 5.92 Å². The van der Waals surface area contributed by atoms with Gasteiger partial charge >= 0.3 is 5.97 Å². The van der Waals surface area contributed by atoms with Crippen LogP contribution in [-0.4, -0.2) is 46.6 Å². The van der Waals surface area contributed by atoms with Crippen LogP contribution in [0.2, 0.25) is 10.0 Å². The second-order valence-corrected chi connectivity index (χ2v) is 10.7. The Hall–Kier alpha value is -2.12. The van der Waals surface area contributed by atoms with E-state index < -0.39 is 11.5 Å². The number of fused-ring (bicyclic) bond motifs is 3. The molecule has 1 saturated carbocycles. The van der Waals surface area contributed by atoms with E-state index in [1.54, 1.807) is 0 Å². The smallest absolute Gasteiger partial charge is 0.304 e. The molecular weight excluding hydrogens is 461 g/mol. The van der Waals surface area contributed by atoms with E-state index in [2.05, 4.69) is 15.5 Å². The number of nitrogens with zero attached hydrogens (tertiary/aromatic N) is 1. The van der Waals surface area contributed by atoms with E-state index in [1.165, 1.54) is 0 Å². The first-order valence-electron chi connectivity index (χ1n) is 11.5. The number of hydrogen-bond acceptors (Lipinski definition) is 4. The molecule has 0 aromatic heterocycles. The number of carbonyl (C=O) groups excluding carboxylic acids is 1. The molecule has 8 heteroatoms. The molecule has 0 bridgehead atoms. The number of carboxylic acid groups (broad SMARTS) is 1. The van der Waals surface area contributed by atoms with Crippen molar-refractivity contribution < 1.29 is 14.7 Å².